The van der Waals surface area contributed by atoms with Gasteiger partial charge in [-0.3, -0.25) is 4.90 Å². The zero-order chi connectivity index (χ0) is 17.0. The number of carbonyl (C=O) groups excluding carboxylic acids is 1. The minimum Gasteiger partial charge on any atom is -0.379 e. The van der Waals surface area contributed by atoms with E-state index < -0.39 is 9.84 Å². The van der Waals surface area contributed by atoms with E-state index in [0.717, 1.165) is 26.3 Å². The van der Waals surface area contributed by atoms with E-state index in [1.54, 1.807) is 11.9 Å². The van der Waals surface area contributed by atoms with E-state index in [4.69, 9.17) is 4.74 Å². The van der Waals surface area contributed by atoms with Gasteiger partial charge in [-0.05, 0) is 12.3 Å². The van der Waals surface area contributed by atoms with Crippen LogP contribution in [0.15, 0.2) is 0 Å². The third kappa shape index (κ3) is 5.06. The van der Waals surface area contributed by atoms with E-state index in [0.29, 0.717) is 18.9 Å². The van der Waals surface area contributed by atoms with E-state index in [2.05, 4.69) is 24.1 Å². The Bertz CT molecular complexity index is 503. The zero-order valence-electron chi connectivity index (χ0n) is 14.3. The number of morpholine rings is 1. The van der Waals surface area contributed by atoms with Crippen LogP contribution in [0.25, 0.3) is 0 Å². The van der Waals surface area contributed by atoms with Crippen LogP contribution in [0.1, 0.15) is 20.3 Å². The molecule has 0 spiro atoms. The van der Waals surface area contributed by atoms with Crippen LogP contribution in [0.3, 0.4) is 0 Å². The lowest BCUT2D eigenvalue weighted by molar-refractivity contribution is 0.00693. The van der Waals surface area contributed by atoms with E-state index in [-0.39, 0.29) is 29.6 Å². The molecule has 2 rings (SSSR count). The van der Waals surface area contributed by atoms with Crippen LogP contribution in [0.5, 0.6) is 0 Å². The molecule has 7 nitrogen and oxygen atoms in total. The van der Waals surface area contributed by atoms with E-state index >= 15 is 0 Å². The summed E-state index contributed by atoms with van der Waals surface area (Å²) in [5.74, 6) is 0.677. The molecule has 0 aromatic carbocycles. The summed E-state index contributed by atoms with van der Waals surface area (Å²) in [5, 5.41) is 2.98. The molecule has 2 amide bonds. The monoisotopic (exact) mass is 347 g/mol. The van der Waals surface area contributed by atoms with Crippen LogP contribution in [0.2, 0.25) is 0 Å². The lowest BCUT2D eigenvalue weighted by Crippen LogP contribution is -2.53. The molecule has 0 aromatic rings. The molecule has 0 aliphatic carbocycles. The smallest absolute Gasteiger partial charge is 0.317 e. The Balaban J connectivity index is 1.86. The summed E-state index contributed by atoms with van der Waals surface area (Å²) in [6.45, 7) is 8.11. The average Bonchev–Trinajstić information content (AvgIpc) is 2.87. The fourth-order valence-corrected chi connectivity index (χ4v) is 5.03. The second-order valence-corrected chi connectivity index (χ2v) is 9.04. The van der Waals surface area contributed by atoms with Crippen molar-refractivity contribution < 1.29 is 17.9 Å². The molecule has 2 aliphatic rings. The SMILES string of the molecule is CC(C)[C@@H](CNC(=O)N(C)[C@H]1CCS(=O)(=O)C1)N1CCOCC1. The number of rotatable bonds is 5. The Morgan fingerprint density at radius 3 is 2.52 bits per heavy atom. The number of carbonyl (C=O) groups is 1. The van der Waals surface area contributed by atoms with Crippen molar-refractivity contribution in [2.75, 3.05) is 51.4 Å². The number of sulfone groups is 1. The molecule has 2 fully saturated rings. The zero-order valence-corrected chi connectivity index (χ0v) is 15.1. The molecule has 134 valence electrons. The maximum atomic E-state index is 12.3. The lowest BCUT2D eigenvalue weighted by Gasteiger charge is -2.37. The van der Waals surface area contributed by atoms with E-state index in [9.17, 15) is 13.2 Å². The number of nitrogens with one attached hydrogen (secondary N) is 1. The molecule has 23 heavy (non-hydrogen) atoms. The lowest BCUT2D eigenvalue weighted by atomic mass is 10.0. The molecule has 2 atom stereocenters. The van der Waals surface area contributed by atoms with E-state index in [1.165, 1.54) is 0 Å². The second kappa shape index (κ2) is 7.81. The molecule has 1 N–H and O–H groups in total. The van der Waals surface area contributed by atoms with Gasteiger partial charge >= 0.3 is 6.03 Å². The van der Waals surface area contributed by atoms with Crippen LogP contribution in [-0.4, -0.2) is 87.7 Å². The number of hydrogen-bond acceptors (Lipinski definition) is 5. The summed E-state index contributed by atoms with van der Waals surface area (Å²) in [7, 11) is -1.30. The topological polar surface area (TPSA) is 79.0 Å². The number of amides is 2. The van der Waals surface area contributed by atoms with Gasteiger partial charge in [-0.2, -0.15) is 0 Å². The van der Waals surface area contributed by atoms with Gasteiger partial charge in [0.25, 0.3) is 0 Å². The van der Waals surface area contributed by atoms with Crippen molar-refractivity contribution in [1.29, 1.82) is 0 Å². The third-order valence-electron chi connectivity index (χ3n) is 4.82. The average molecular weight is 347 g/mol. The van der Waals surface area contributed by atoms with Gasteiger partial charge in [0.1, 0.15) is 0 Å². The van der Waals surface area contributed by atoms with Crippen molar-refractivity contribution in [3.05, 3.63) is 0 Å². The molecule has 2 saturated heterocycles. The van der Waals surface area contributed by atoms with Gasteiger partial charge in [0.2, 0.25) is 0 Å². The van der Waals surface area contributed by atoms with Gasteiger partial charge in [-0.1, -0.05) is 13.8 Å². The third-order valence-corrected chi connectivity index (χ3v) is 6.57. The molecule has 8 heteroatoms. The molecule has 0 saturated carbocycles. The quantitative estimate of drug-likeness (QED) is 0.767. The van der Waals surface area contributed by atoms with Crippen molar-refractivity contribution >= 4 is 15.9 Å². The number of ether oxygens (including phenoxy) is 1. The summed E-state index contributed by atoms with van der Waals surface area (Å²) in [4.78, 5) is 16.2. The van der Waals surface area contributed by atoms with Crippen LogP contribution >= 0.6 is 0 Å². The standard InChI is InChI=1S/C15H29N3O4S/c1-12(2)14(18-5-7-22-8-6-18)10-16-15(19)17(3)13-4-9-23(20,21)11-13/h12-14H,4-11H2,1-3H3,(H,16,19)/t13-,14+/m0/s1. The van der Waals surface area contributed by atoms with Crippen molar-refractivity contribution in [1.82, 2.24) is 15.1 Å². The van der Waals surface area contributed by atoms with Gasteiger partial charge in [0.05, 0.1) is 24.7 Å². The minimum absolute atomic E-state index is 0.0774. The highest BCUT2D eigenvalue weighted by atomic mass is 32.2. The van der Waals surface area contributed by atoms with Gasteiger partial charge in [-0.15, -0.1) is 0 Å². The van der Waals surface area contributed by atoms with Crippen LogP contribution in [0, 0.1) is 5.92 Å². The van der Waals surface area contributed by atoms with Crippen LogP contribution < -0.4 is 5.32 Å². The van der Waals surface area contributed by atoms with Gasteiger partial charge < -0.3 is 15.0 Å². The van der Waals surface area contributed by atoms with Crippen molar-refractivity contribution in [3.8, 4) is 0 Å². The Morgan fingerprint density at radius 2 is 2.00 bits per heavy atom. The Kier molecular flexibility index (Phi) is 6.27. The first-order chi connectivity index (χ1) is 10.8. The van der Waals surface area contributed by atoms with Gasteiger partial charge in [0.15, 0.2) is 9.84 Å². The fourth-order valence-electron chi connectivity index (χ4n) is 3.26. The largest absolute Gasteiger partial charge is 0.379 e. The maximum absolute atomic E-state index is 12.3. The van der Waals surface area contributed by atoms with Gasteiger partial charge in [0, 0.05) is 38.8 Å². The van der Waals surface area contributed by atoms with Gasteiger partial charge in [-0.25, -0.2) is 13.2 Å². The molecule has 2 aliphatic heterocycles. The Morgan fingerprint density at radius 1 is 1.35 bits per heavy atom. The first-order valence-corrected chi connectivity index (χ1v) is 10.1. The number of hydrogen-bond donors (Lipinski definition) is 1. The molecule has 0 unspecified atom stereocenters. The Hall–Kier alpha value is -0.860. The molecule has 0 aromatic heterocycles. The number of nitrogens with zero attached hydrogens (tertiary/aromatic N) is 2. The maximum Gasteiger partial charge on any atom is 0.317 e. The predicted molar refractivity (Wildman–Crippen MR) is 89.2 cm³/mol. The second-order valence-electron chi connectivity index (χ2n) is 6.81. The highest BCUT2D eigenvalue weighted by Crippen LogP contribution is 2.17. The van der Waals surface area contributed by atoms with Crippen molar-refractivity contribution in [2.24, 2.45) is 5.92 Å². The van der Waals surface area contributed by atoms with Crippen LogP contribution in [-0.2, 0) is 14.6 Å². The first kappa shape index (κ1) is 18.5. The van der Waals surface area contributed by atoms with E-state index in [1.807, 2.05) is 0 Å². The summed E-state index contributed by atoms with van der Waals surface area (Å²) in [5.41, 5.74) is 0. The van der Waals surface area contributed by atoms with Crippen LogP contribution in [0.4, 0.5) is 4.79 Å². The summed E-state index contributed by atoms with van der Waals surface area (Å²) in [6, 6.07) is -0.129. The van der Waals surface area contributed by atoms with Crippen molar-refractivity contribution in [3.63, 3.8) is 0 Å². The Labute approximate surface area is 139 Å². The summed E-state index contributed by atoms with van der Waals surface area (Å²) >= 11 is 0. The summed E-state index contributed by atoms with van der Waals surface area (Å²) < 4.78 is 28.5. The molecule has 2 heterocycles. The predicted octanol–water partition coefficient (Wildman–Crippen LogP) is 0.172. The molecule has 0 bridgehead atoms. The van der Waals surface area contributed by atoms with Crippen molar-refractivity contribution in [2.45, 2.75) is 32.4 Å². The first-order valence-electron chi connectivity index (χ1n) is 8.33. The summed E-state index contributed by atoms with van der Waals surface area (Å²) in [6.07, 6.45) is 0.531. The minimum atomic E-state index is -2.98. The molecular weight excluding hydrogens is 318 g/mol. The normalized spacial score (nSPS) is 26.2. The highest BCUT2D eigenvalue weighted by molar-refractivity contribution is 7.91. The highest BCUT2D eigenvalue weighted by Gasteiger charge is 2.33. The number of urea groups is 1. The molecule has 0 radical (unpaired) electrons. The fraction of sp³-hybridized carbons (Fsp3) is 0.933. The molecular formula is C15H29N3O4S.